The average Bonchev–Trinajstić information content (AvgIpc) is 2.75. The Bertz CT molecular complexity index is 877. The van der Waals surface area contributed by atoms with Crippen molar-refractivity contribution in [2.24, 2.45) is 0 Å². The molecule has 2 aromatic carbocycles. The lowest BCUT2D eigenvalue weighted by molar-refractivity contribution is -0.116. The molecule has 0 saturated heterocycles. The molecule has 0 radical (unpaired) electrons. The smallest absolute Gasteiger partial charge is 0.262 e. The lowest BCUT2D eigenvalue weighted by atomic mass is 10.1. The lowest BCUT2D eigenvalue weighted by Gasteiger charge is -2.14. The third-order valence-electron chi connectivity index (χ3n) is 3.89. The van der Waals surface area contributed by atoms with E-state index in [0.29, 0.717) is 16.8 Å². The van der Waals surface area contributed by atoms with Gasteiger partial charge in [-0.25, -0.2) is 0 Å². The van der Waals surface area contributed by atoms with E-state index in [0.717, 1.165) is 20.5 Å². The van der Waals surface area contributed by atoms with Crippen molar-refractivity contribution in [2.75, 3.05) is 11.9 Å². The Labute approximate surface area is 147 Å². The Kier molecular flexibility index (Phi) is 4.24. The molecule has 0 fully saturated rings. The highest BCUT2D eigenvalue weighted by atomic mass is 79.9. The molecular weight excluding hydrogens is 372 g/mol. The summed E-state index contributed by atoms with van der Waals surface area (Å²) in [6.07, 6.45) is 0. The highest BCUT2D eigenvalue weighted by molar-refractivity contribution is 9.10. The van der Waals surface area contributed by atoms with Crippen LogP contribution in [0.1, 0.15) is 31.8 Å². The number of amides is 3. The van der Waals surface area contributed by atoms with Gasteiger partial charge in [0.25, 0.3) is 11.8 Å². The number of carbonyl (C=O) groups is 3. The summed E-state index contributed by atoms with van der Waals surface area (Å²) < 4.78 is 0.911. The van der Waals surface area contributed by atoms with Gasteiger partial charge < -0.3 is 5.32 Å². The van der Waals surface area contributed by atoms with Crippen molar-refractivity contribution in [3.05, 3.63) is 63.1 Å². The third kappa shape index (κ3) is 2.97. The minimum atomic E-state index is -0.433. The molecule has 122 valence electrons. The SMILES string of the molecule is Cc1ccc2c(c1)C(=O)N(CC(=O)Nc1ccc(Br)cc1C)C2=O. The number of hydrogen-bond donors (Lipinski definition) is 1. The molecule has 24 heavy (non-hydrogen) atoms. The first-order valence-corrected chi connectivity index (χ1v) is 8.19. The van der Waals surface area contributed by atoms with Crippen LogP contribution in [0.4, 0.5) is 5.69 Å². The van der Waals surface area contributed by atoms with Gasteiger partial charge in [-0.05, 0) is 49.7 Å². The van der Waals surface area contributed by atoms with Gasteiger partial charge in [0, 0.05) is 10.2 Å². The predicted molar refractivity (Wildman–Crippen MR) is 94.1 cm³/mol. The van der Waals surface area contributed by atoms with Gasteiger partial charge in [0.15, 0.2) is 0 Å². The third-order valence-corrected chi connectivity index (χ3v) is 4.38. The molecule has 0 bridgehead atoms. The van der Waals surface area contributed by atoms with Crippen LogP contribution in [0.15, 0.2) is 40.9 Å². The number of imide groups is 1. The Morgan fingerprint density at radius 3 is 2.46 bits per heavy atom. The van der Waals surface area contributed by atoms with Gasteiger partial charge in [-0.3, -0.25) is 19.3 Å². The second-order valence-electron chi connectivity index (χ2n) is 5.75. The largest absolute Gasteiger partial charge is 0.324 e. The van der Waals surface area contributed by atoms with Crippen molar-refractivity contribution >= 4 is 39.3 Å². The van der Waals surface area contributed by atoms with Crippen LogP contribution in [0.2, 0.25) is 0 Å². The van der Waals surface area contributed by atoms with Gasteiger partial charge in [0.2, 0.25) is 5.91 Å². The number of nitrogens with one attached hydrogen (secondary N) is 1. The van der Waals surface area contributed by atoms with Crippen molar-refractivity contribution < 1.29 is 14.4 Å². The van der Waals surface area contributed by atoms with E-state index in [1.807, 2.05) is 26.0 Å². The minimum absolute atomic E-state index is 0.305. The van der Waals surface area contributed by atoms with E-state index in [-0.39, 0.29) is 6.54 Å². The van der Waals surface area contributed by atoms with Crippen LogP contribution < -0.4 is 5.32 Å². The summed E-state index contributed by atoms with van der Waals surface area (Å²) in [6, 6.07) is 10.5. The molecule has 0 atom stereocenters. The van der Waals surface area contributed by atoms with E-state index in [1.165, 1.54) is 0 Å². The number of anilines is 1. The monoisotopic (exact) mass is 386 g/mol. The number of nitrogens with zero attached hydrogens (tertiary/aromatic N) is 1. The van der Waals surface area contributed by atoms with E-state index in [9.17, 15) is 14.4 Å². The van der Waals surface area contributed by atoms with E-state index in [2.05, 4.69) is 21.2 Å². The number of benzene rings is 2. The lowest BCUT2D eigenvalue weighted by Crippen LogP contribution is -2.37. The summed E-state index contributed by atoms with van der Waals surface area (Å²) in [5.74, 6) is -1.27. The van der Waals surface area contributed by atoms with Gasteiger partial charge in [-0.15, -0.1) is 0 Å². The fourth-order valence-electron chi connectivity index (χ4n) is 2.65. The summed E-state index contributed by atoms with van der Waals surface area (Å²) in [4.78, 5) is 37.9. The summed E-state index contributed by atoms with van der Waals surface area (Å²) in [6.45, 7) is 3.41. The molecule has 1 heterocycles. The van der Waals surface area contributed by atoms with Crippen LogP contribution in [0.3, 0.4) is 0 Å². The normalized spacial score (nSPS) is 13.2. The molecular formula is C18H15BrN2O3. The van der Waals surface area contributed by atoms with Gasteiger partial charge in [0.05, 0.1) is 11.1 Å². The summed E-state index contributed by atoms with van der Waals surface area (Å²) >= 11 is 3.36. The molecule has 5 nitrogen and oxygen atoms in total. The zero-order valence-electron chi connectivity index (χ0n) is 13.2. The maximum atomic E-state index is 12.4. The number of rotatable bonds is 3. The standard InChI is InChI=1S/C18H15BrN2O3/c1-10-3-5-13-14(7-10)18(24)21(17(13)23)9-16(22)20-15-6-4-12(19)8-11(15)2/h3-8H,9H2,1-2H3,(H,20,22). The summed E-state index contributed by atoms with van der Waals surface area (Å²) in [5, 5.41) is 2.74. The molecule has 0 aliphatic carbocycles. The Morgan fingerprint density at radius 1 is 1.04 bits per heavy atom. The number of carbonyl (C=O) groups excluding carboxylic acids is 3. The second kappa shape index (κ2) is 6.20. The number of halogens is 1. The molecule has 0 saturated carbocycles. The van der Waals surface area contributed by atoms with Gasteiger partial charge in [-0.1, -0.05) is 27.6 Å². The van der Waals surface area contributed by atoms with Crippen molar-refractivity contribution in [1.29, 1.82) is 0 Å². The van der Waals surface area contributed by atoms with Crippen LogP contribution in [-0.4, -0.2) is 29.2 Å². The van der Waals surface area contributed by atoms with Crippen molar-refractivity contribution in [3.63, 3.8) is 0 Å². The number of hydrogen-bond acceptors (Lipinski definition) is 3. The Balaban J connectivity index is 1.76. The molecule has 1 N–H and O–H groups in total. The topological polar surface area (TPSA) is 66.5 Å². The van der Waals surface area contributed by atoms with Crippen LogP contribution in [0.25, 0.3) is 0 Å². The molecule has 2 aromatic rings. The first-order valence-electron chi connectivity index (χ1n) is 7.39. The van der Waals surface area contributed by atoms with Crippen molar-refractivity contribution in [3.8, 4) is 0 Å². The molecule has 0 aromatic heterocycles. The molecule has 1 aliphatic rings. The second-order valence-corrected chi connectivity index (χ2v) is 6.67. The molecule has 1 aliphatic heterocycles. The van der Waals surface area contributed by atoms with E-state index in [4.69, 9.17) is 0 Å². The van der Waals surface area contributed by atoms with E-state index in [1.54, 1.807) is 24.3 Å². The van der Waals surface area contributed by atoms with Gasteiger partial charge in [0.1, 0.15) is 6.54 Å². The number of aryl methyl sites for hydroxylation is 2. The molecule has 0 spiro atoms. The van der Waals surface area contributed by atoms with Crippen molar-refractivity contribution in [1.82, 2.24) is 4.90 Å². The predicted octanol–water partition coefficient (Wildman–Crippen LogP) is 3.30. The highest BCUT2D eigenvalue weighted by Crippen LogP contribution is 2.24. The zero-order chi connectivity index (χ0) is 17.4. The van der Waals surface area contributed by atoms with Crippen LogP contribution in [0.5, 0.6) is 0 Å². The quantitative estimate of drug-likeness (QED) is 0.822. The number of fused-ring (bicyclic) bond motifs is 1. The first-order chi connectivity index (χ1) is 11.4. The van der Waals surface area contributed by atoms with Crippen molar-refractivity contribution in [2.45, 2.75) is 13.8 Å². The molecule has 0 unspecified atom stereocenters. The zero-order valence-corrected chi connectivity index (χ0v) is 14.8. The molecule has 6 heteroatoms. The first kappa shape index (κ1) is 16.4. The summed E-state index contributed by atoms with van der Waals surface area (Å²) in [5.41, 5.74) is 3.13. The maximum Gasteiger partial charge on any atom is 0.262 e. The van der Waals surface area contributed by atoms with Gasteiger partial charge >= 0.3 is 0 Å². The molecule has 3 amide bonds. The fourth-order valence-corrected chi connectivity index (χ4v) is 3.12. The summed E-state index contributed by atoms with van der Waals surface area (Å²) in [7, 11) is 0. The van der Waals surface area contributed by atoms with Crippen LogP contribution in [-0.2, 0) is 4.79 Å². The Hall–Kier alpha value is -2.47. The average molecular weight is 387 g/mol. The highest BCUT2D eigenvalue weighted by Gasteiger charge is 2.36. The van der Waals surface area contributed by atoms with E-state index < -0.39 is 17.7 Å². The van der Waals surface area contributed by atoms with Gasteiger partial charge in [-0.2, -0.15) is 0 Å². The Morgan fingerprint density at radius 2 is 1.75 bits per heavy atom. The molecule has 3 rings (SSSR count). The van der Waals surface area contributed by atoms with E-state index >= 15 is 0 Å². The maximum absolute atomic E-state index is 12.4. The van der Waals surface area contributed by atoms with Crippen LogP contribution in [0, 0.1) is 13.8 Å². The van der Waals surface area contributed by atoms with Crippen LogP contribution >= 0.6 is 15.9 Å². The fraction of sp³-hybridized carbons (Fsp3) is 0.167. The minimum Gasteiger partial charge on any atom is -0.324 e.